The Bertz CT molecular complexity index is 454. The fourth-order valence-electron chi connectivity index (χ4n) is 1.95. The van der Waals surface area contributed by atoms with E-state index in [9.17, 15) is 9.59 Å². The van der Waals surface area contributed by atoms with Crippen molar-refractivity contribution < 1.29 is 14.3 Å². The van der Waals surface area contributed by atoms with E-state index in [0.717, 1.165) is 5.56 Å². The van der Waals surface area contributed by atoms with Crippen LogP contribution in [0.15, 0.2) is 30.3 Å². The van der Waals surface area contributed by atoms with Crippen molar-refractivity contribution in [1.82, 2.24) is 4.90 Å². The number of rotatable bonds is 7. The van der Waals surface area contributed by atoms with Crippen LogP contribution in [0.5, 0.6) is 0 Å². The van der Waals surface area contributed by atoms with Crippen LogP contribution in [0.3, 0.4) is 0 Å². The van der Waals surface area contributed by atoms with Crippen molar-refractivity contribution >= 4 is 11.9 Å². The predicted octanol–water partition coefficient (Wildman–Crippen LogP) is 2.38. The van der Waals surface area contributed by atoms with Crippen molar-refractivity contribution in [3.8, 4) is 0 Å². The molecule has 0 bridgehead atoms. The molecule has 1 aromatic carbocycles. The molecular weight excluding hydrogens is 254 g/mol. The molecule has 0 atom stereocenters. The third kappa shape index (κ3) is 5.03. The SMILES string of the molecule is CC(=O)N(CCC(=O)OCC1CC1)Cc1ccccc1. The van der Waals surface area contributed by atoms with E-state index < -0.39 is 0 Å². The fourth-order valence-corrected chi connectivity index (χ4v) is 1.95. The van der Waals surface area contributed by atoms with Crippen molar-refractivity contribution in [3.05, 3.63) is 35.9 Å². The van der Waals surface area contributed by atoms with Crippen LogP contribution in [-0.2, 0) is 20.9 Å². The molecule has 0 aromatic heterocycles. The maximum atomic E-state index is 11.6. The zero-order chi connectivity index (χ0) is 14.4. The second-order valence-corrected chi connectivity index (χ2v) is 5.30. The summed E-state index contributed by atoms with van der Waals surface area (Å²) in [4.78, 5) is 24.9. The smallest absolute Gasteiger partial charge is 0.307 e. The number of hydrogen-bond acceptors (Lipinski definition) is 3. The van der Waals surface area contributed by atoms with Crippen molar-refractivity contribution in [1.29, 1.82) is 0 Å². The minimum absolute atomic E-state index is 0.0242. The van der Waals surface area contributed by atoms with E-state index in [1.165, 1.54) is 19.8 Å². The maximum absolute atomic E-state index is 11.6. The first-order valence-corrected chi connectivity index (χ1v) is 7.10. The van der Waals surface area contributed by atoms with Gasteiger partial charge in [-0.3, -0.25) is 9.59 Å². The monoisotopic (exact) mass is 275 g/mol. The molecule has 20 heavy (non-hydrogen) atoms. The summed E-state index contributed by atoms with van der Waals surface area (Å²) in [5, 5.41) is 0. The van der Waals surface area contributed by atoms with Gasteiger partial charge in [-0.05, 0) is 24.3 Å². The van der Waals surface area contributed by atoms with Crippen LogP contribution in [0.1, 0.15) is 31.7 Å². The van der Waals surface area contributed by atoms with Gasteiger partial charge < -0.3 is 9.64 Å². The molecule has 4 nitrogen and oxygen atoms in total. The Balaban J connectivity index is 1.76. The Morgan fingerprint density at radius 2 is 1.95 bits per heavy atom. The highest BCUT2D eigenvalue weighted by Gasteiger charge is 2.23. The van der Waals surface area contributed by atoms with Gasteiger partial charge in [-0.15, -0.1) is 0 Å². The molecule has 2 rings (SSSR count). The molecule has 1 saturated carbocycles. The molecule has 0 unspecified atom stereocenters. The van der Waals surface area contributed by atoms with Crippen LogP contribution in [0, 0.1) is 5.92 Å². The zero-order valence-corrected chi connectivity index (χ0v) is 11.9. The molecule has 0 radical (unpaired) electrons. The molecule has 1 amide bonds. The van der Waals surface area contributed by atoms with Gasteiger partial charge in [-0.1, -0.05) is 30.3 Å². The summed E-state index contributed by atoms with van der Waals surface area (Å²) in [6.45, 7) is 3.01. The van der Waals surface area contributed by atoms with Crippen molar-refractivity contribution in [2.45, 2.75) is 32.7 Å². The van der Waals surface area contributed by atoms with Gasteiger partial charge in [-0.2, -0.15) is 0 Å². The summed E-state index contributed by atoms with van der Waals surface area (Å²) in [5.74, 6) is 0.340. The van der Waals surface area contributed by atoms with E-state index in [1.807, 2.05) is 30.3 Å². The number of amides is 1. The van der Waals surface area contributed by atoms with Gasteiger partial charge in [0.2, 0.25) is 5.91 Å². The number of carbonyl (C=O) groups excluding carboxylic acids is 2. The first kappa shape index (κ1) is 14.6. The van der Waals surface area contributed by atoms with Gasteiger partial charge in [-0.25, -0.2) is 0 Å². The lowest BCUT2D eigenvalue weighted by Gasteiger charge is -2.20. The van der Waals surface area contributed by atoms with Gasteiger partial charge in [0.1, 0.15) is 0 Å². The van der Waals surface area contributed by atoms with E-state index in [1.54, 1.807) is 4.90 Å². The number of esters is 1. The molecule has 0 saturated heterocycles. The maximum Gasteiger partial charge on any atom is 0.307 e. The molecule has 1 aromatic rings. The molecule has 0 spiro atoms. The normalized spacial score (nSPS) is 13.8. The Morgan fingerprint density at radius 3 is 2.55 bits per heavy atom. The summed E-state index contributed by atoms with van der Waals surface area (Å²) in [5.41, 5.74) is 1.06. The van der Waals surface area contributed by atoms with Crippen LogP contribution < -0.4 is 0 Å². The molecule has 1 fully saturated rings. The van der Waals surface area contributed by atoms with E-state index in [0.29, 0.717) is 25.6 Å². The van der Waals surface area contributed by atoms with Gasteiger partial charge in [0.25, 0.3) is 0 Å². The Hall–Kier alpha value is -1.84. The Kier molecular flexibility index (Phi) is 5.16. The van der Waals surface area contributed by atoms with Crippen molar-refractivity contribution in [2.24, 2.45) is 5.92 Å². The van der Waals surface area contributed by atoms with Crippen LogP contribution in [0.4, 0.5) is 0 Å². The van der Waals surface area contributed by atoms with E-state index in [4.69, 9.17) is 4.74 Å². The molecule has 0 heterocycles. The Morgan fingerprint density at radius 1 is 1.25 bits per heavy atom. The second-order valence-electron chi connectivity index (χ2n) is 5.30. The van der Waals surface area contributed by atoms with Crippen molar-refractivity contribution in [3.63, 3.8) is 0 Å². The molecule has 1 aliphatic rings. The van der Waals surface area contributed by atoms with Gasteiger partial charge in [0.05, 0.1) is 13.0 Å². The van der Waals surface area contributed by atoms with E-state index in [2.05, 4.69) is 0 Å². The van der Waals surface area contributed by atoms with Crippen LogP contribution in [0.2, 0.25) is 0 Å². The van der Waals surface area contributed by atoms with Gasteiger partial charge in [0.15, 0.2) is 0 Å². The minimum atomic E-state index is -0.212. The third-order valence-corrected chi connectivity index (χ3v) is 3.42. The molecule has 4 heteroatoms. The summed E-state index contributed by atoms with van der Waals surface area (Å²) in [7, 11) is 0. The highest BCUT2D eigenvalue weighted by atomic mass is 16.5. The molecule has 0 N–H and O–H groups in total. The molecule has 108 valence electrons. The summed E-state index contributed by atoms with van der Waals surface area (Å²) in [6.07, 6.45) is 2.60. The van der Waals surface area contributed by atoms with Crippen molar-refractivity contribution in [2.75, 3.05) is 13.2 Å². The number of nitrogens with zero attached hydrogens (tertiary/aromatic N) is 1. The highest BCUT2D eigenvalue weighted by molar-refractivity contribution is 5.75. The zero-order valence-electron chi connectivity index (χ0n) is 11.9. The summed E-state index contributed by atoms with van der Waals surface area (Å²) < 4.78 is 5.17. The largest absolute Gasteiger partial charge is 0.465 e. The van der Waals surface area contributed by atoms with Crippen LogP contribution in [-0.4, -0.2) is 29.9 Å². The standard InChI is InChI=1S/C16H21NO3/c1-13(18)17(11-14-5-3-2-4-6-14)10-9-16(19)20-12-15-7-8-15/h2-6,15H,7-12H2,1H3. The minimum Gasteiger partial charge on any atom is -0.465 e. The van der Waals surface area contributed by atoms with E-state index >= 15 is 0 Å². The molecule has 1 aliphatic carbocycles. The lowest BCUT2D eigenvalue weighted by molar-refractivity contribution is -0.145. The molecule has 0 aliphatic heterocycles. The van der Waals surface area contributed by atoms with Gasteiger partial charge in [0, 0.05) is 20.0 Å². The topological polar surface area (TPSA) is 46.6 Å². The quantitative estimate of drug-likeness (QED) is 0.718. The average Bonchev–Trinajstić information content (AvgIpc) is 3.26. The second kappa shape index (κ2) is 7.08. The lowest BCUT2D eigenvalue weighted by atomic mass is 10.2. The number of ether oxygens (including phenoxy) is 1. The molecular formula is C16H21NO3. The fraction of sp³-hybridized carbons (Fsp3) is 0.500. The number of carbonyl (C=O) groups is 2. The van der Waals surface area contributed by atoms with E-state index in [-0.39, 0.29) is 18.3 Å². The lowest BCUT2D eigenvalue weighted by Crippen LogP contribution is -2.30. The summed E-state index contributed by atoms with van der Waals surface area (Å²) in [6, 6.07) is 9.77. The van der Waals surface area contributed by atoms with Gasteiger partial charge >= 0.3 is 5.97 Å². The highest BCUT2D eigenvalue weighted by Crippen LogP contribution is 2.28. The third-order valence-electron chi connectivity index (χ3n) is 3.42. The number of hydrogen-bond donors (Lipinski definition) is 0. The summed E-state index contributed by atoms with van der Waals surface area (Å²) >= 11 is 0. The predicted molar refractivity (Wildman–Crippen MR) is 75.8 cm³/mol. The first-order chi connectivity index (χ1) is 9.65. The first-order valence-electron chi connectivity index (χ1n) is 7.10. The van der Waals surface area contributed by atoms with Crippen LogP contribution >= 0.6 is 0 Å². The average molecular weight is 275 g/mol. The van der Waals surface area contributed by atoms with Crippen LogP contribution in [0.25, 0.3) is 0 Å². The number of benzene rings is 1. The Labute approximate surface area is 119 Å².